The lowest BCUT2D eigenvalue weighted by Gasteiger charge is -2.58. The number of azide groups is 1. The minimum atomic E-state index is -1.24. The van der Waals surface area contributed by atoms with Crippen molar-refractivity contribution in [3.05, 3.63) is 22.1 Å². The summed E-state index contributed by atoms with van der Waals surface area (Å²) in [7, 11) is 0. The van der Waals surface area contributed by atoms with E-state index in [1.807, 2.05) is 13.8 Å². The van der Waals surface area contributed by atoms with Crippen LogP contribution in [0.25, 0.3) is 10.4 Å². The summed E-state index contributed by atoms with van der Waals surface area (Å²) in [6.07, 6.45) is 6.98. The molecular weight excluding hydrogens is 394 g/mol. The van der Waals surface area contributed by atoms with Crippen molar-refractivity contribution >= 4 is 12.3 Å². The summed E-state index contributed by atoms with van der Waals surface area (Å²) in [6.45, 7) is 9.26. The number of carbonyl (C=O) groups is 2. The first-order valence-electron chi connectivity index (χ1n) is 11.8. The minimum absolute atomic E-state index is 0.0311. The maximum atomic E-state index is 13.3. The Kier molecular flexibility index (Phi) is 5.50. The van der Waals surface area contributed by atoms with Crippen LogP contribution in [0.1, 0.15) is 59.8 Å². The number of aldehydes is 1. The van der Waals surface area contributed by atoms with Gasteiger partial charge in [0.15, 0.2) is 0 Å². The highest BCUT2D eigenvalue weighted by molar-refractivity contribution is 5.90. The third-order valence-corrected chi connectivity index (χ3v) is 9.44. The Balaban J connectivity index is 1.89. The molecule has 31 heavy (non-hydrogen) atoms. The van der Waals surface area contributed by atoms with E-state index in [-0.39, 0.29) is 35.6 Å². The van der Waals surface area contributed by atoms with Gasteiger partial charge in [-0.3, -0.25) is 4.79 Å². The smallest absolute Gasteiger partial charge is 0.315 e. The molecule has 7 nitrogen and oxygen atoms in total. The number of carboxylic acids is 1. The van der Waals surface area contributed by atoms with E-state index in [2.05, 4.69) is 29.9 Å². The molecule has 3 unspecified atom stereocenters. The van der Waals surface area contributed by atoms with Gasteiger partial charge in [0.1, 0.15) is 11.7 Å². The summed E-state index contributed by atoms with van der Waals surface area (Å²) in [6, 6.07) is -0.190. The fourth-order valence-electron chi connectivity index (χ4n) is 8.33. The molecule has 0 heterocycles. The molecular formula is C24H35N3O4. The minimum Gasteiger partial charge on any atom is -0.481 e. The van der Waals surface area contributed by atoms with Crippen LogP contribution in [0.15, 0.2) is 16.8 Å². The Hall–Kier alpha value is -1.85. The zero-order chi connectivity index (χ0) is 22.6. The molecule has 0 spiro atoms. The van der Waals surface area contributed by atoms with Crippen molar-refractivity contribution in [2.75, 3.05) is 13.2 Å². The van der Waals surface area contributed by atoms with E-state index in [0.717, 1.165) is 24.7 Å². The molecule has 4 aliphatic carbocycles. The van der Waals surface area contributed by atoms with Gasteiger partial charge in [0, 0.05) is 23.0 Å². The molecule has 0 aromatic heterocycles. The highest BCUT2D eigenvalue weighted by atomic mass is 16.5. The summed E-state index contributed by atoms with van der Waals surface area (Å²) in [4.78, 5) is 29.4. The lowest BCUT2D eigenvalue weighted by atomic mass is 9.43. The number of hydrogen-bond donors (Lipinski definition) is 1. The second kappa shape index (κ2) is 7.63. The van der Waals surface area contributed by atoms with Gasteiger partial charge in [0.05, 0.1) is 12.0 Å². The third kappa shape index (κ3) is 2.53. The number of nitrogens with zero attached hydrogens (tertiary/aromatic N) is 3. The van der Waals surface area contributed by atoms with Crippen LogP contribution in [0, 0.1) is 45.8 Å². The quantitative estimate of drug-likeness (QED) is 0.138. The Morgan fingerprint density at radius 2 is 2.19 bits per heavy atom. The Bertz CT molecular complexity index is 850. The molecule has 3 fully saturated rings. The van der Waals surface area contributed by atoms with Crippen molar-refractivity contribution in [1.82, 2.24) is 0 Å². The SMILES string of the molecule is CCCCOCC12CC3C(C[C@@H](N=[N+]=[N-])[C@H]3C)[C@@]3(C=O)C[C@@H]1C=C(C(C)C)[C@]23C(=O)O. The van der Waals surface area contributed by atoms with E-state index in [9.17, 15) is 14.7 Å². The fourth-order valence-corrected chi connectivity index (χ4v) is 8.33. The molecule has 8 atom stereocenters. The molecule has 4 aliphatic rings. The van der Waals surface area contributed by atoms with Crippen LogP contribution in [-0.2, 0) is 14.3 Å². The highest BCUT2D eigenvalue weighted by Gasteiger charge is 2.84. The third-order valence-electron chi connectivity index (χ3n) is 9.44. The molecule has 170 valence electrons. The van der Waals surface area contributed by atoms with Crippen LogP contribution >= 0.6 is 0 Å². The van der Waals surface area contributed by atoms with Crippen molar-refractivity contribution in [1.29, 1.82) is 0 Å². The maximum absolute atomic E-state index is 13.3. The molecule has 7 heteroatoms. The lowest BCUT2D eigenvalue weighted by Crippen LogP contribution is -2.63. The molecule has 1 N–H and O–H groups in total. The number of carboxylic acid groups (broad SMARTS) is 1. The van der Waals surface area contributed by atoms with E-state index < -0.39 is 22.2 Å². The van der Waals surface area contributed by atoms with Gasteiger partial charge in [-0.1, -0.05) is 50.9 Å². The standard InChI is InChI=1S/C24H35N3O4/c1-5-6-7-31-13-23-11-17-15(4)20(26-27-25)9-19(17)22(12-28)10-16(23)8-18(14(2)3)24(22,23)21(29)30/h8,12,14-17,19-20H,5-7,9-11,13H2,1-4H3,(H,29,30)/t15-,16-,17?,19?,20+,22-,23?,24+/m0/s1. The monoisotopic (exact) mass is 429 g/mol. The van der Waals surface area contributed by atoms with Crippen LogP contribution in [0.5, 0.6) is 0 Å². The Morgan fingerprint density at radius 3 is 2.77 bits per heavy atom. The summed E-state index contributed by atoms with van der Waals surface area (Å²) in [5.74, 6) is -0.600. The second-order valence-electron chi connectivity index (χ2n) is 10.7. The molecule has 0 saturated heterocycles. The van der Waals surface area contributed by atoms with Gasteiger partial charge in [0.2, 0.25) is 0 Å². The van der Waals surface area contributed by atoms with Crippen LogP contribution in [0.2, 0.25) is 0 Å². The average Bonchev–Trinajstić information content (AvgIpc) is 3.26. The number of ether oxygens (including phenoxy) is 1. The second-order valence-corrected chi connectivity index (χ2v) is 10.7. The van der Waals surface area contributed by atoms with Gasteiger partial charge < -0.3 is 14.6 Å². The summed E-state index contributed by atoms with van der Waals surface area (Å²) in [5.41, 5.74) is 7.15. The van der Waals surface area contributed by atoms with Crippen molar-refractivity contribution < 1.29 is 19.4 Å². The molecule has 0 amide bonds. The van der Waals surface area contributed by atoms with Gasteiger partial charge in [-0.15, -0.1) is 0 Å². The fraction of sp³-hybridized carbons (Fsp3) is 0.833. The van der Waals surface area contributed by atoms with E-state index in [0.29, 0.717) is 32.5 Å². The topological polar surface area (TPSA) is 112 Å². The molecule has 0 aliphatic heterocycles. The normalized spacial score (nSPS) is 44.7. The number of fused-ring (bicyclic) bond motifs is 2. The van der Waals surface area contributed by atoms with Gasteiger partial charge >= 0.3 is 5.97 Å². The number of rotatable bonds is 9. The average molecular weight is 430 g/mol. The van der Waals surface area contributed by atoms with Gasteiger partial charge in [0.25, 0.3) is 0 Å². The van der Waals surface area contributed by atoms with Crippen LogP contribution in [0.3, 0.4) is 0 Å². The number of aliphatic carboxylic acids is 1. The zero-order valence-corrected chi connectivity index (χ0v) is 19.1. The highest BCUT2D eigenvalue weighted by Crippen LogP contribution is 2.82. The van der Waals surface area contributed by atoms with Gasteiger partial charge in [-0.2, -0.15) is 0 Å². The van der Waals surface area contributed by atoms with Crippen LogP contribution < -0.4 is 0 Å². The first kappa shape index (κ1) is 22.3. The first-order valence-corrected chi connectivity index (χ1v) is 11.8. The zero-order valence-electron chi connectivity index (χ0n) is 19.1. The Morgan fingerprint density at radius 1 is 1.45 bits per heavy atom. The molecule has 0 radical (unpaired) electrons. The first-order chi connectivity index (χ1) is 14.8. The predicted molar refractivity (Wildman–Crippen MR) is 116 cm³/mol. The number of unbranched alkanes of at least 4 members (excludes halogenated alkanes) is 1. The summed E-state index contributed by atoms with van der Waals surface area (Å²) < 4.78 is 6.17. The van der Waals surface area contributed by atoms with Crippen molar-refractivity contribution in [2.24, 2.45) is 50.9 Å². The molecule has 0 aromatic rings. The van der Waals surface area contributed by atoms with E-state index in [4.69, 9.17) is 10.3 Å². The van der Waals surface area contributed by atoms with Crippen molar-refractivity contribution in [3.63, 3.8) is 0 Å². The molecule has 4 rings (SSSR count). The maximum Gasteiger partial charge on any atom is 0.315 e. The number of hydrogen-bond acceptors (Lipinski definition) is 4. The lowest BCUT2D eigenvalue weighted by molar-refractivity contribution is -0.186. The number of allylic oxidation sites excluding steroid dienone is 1. The van der Waals surface area contributed by atoms with Crippen molar-refractivity contribution in [3.8, 4) is 0 Å². The largest absolute Gasteiger partial charge is 0.481 e. The Labute approximate surface area is 184 Å². The van der Waals surface area contributed by atoms with E-state index in [1.54, 1.807) is 0 Å². The van der Waals surface area contributed by atoms with Gasteiger partial charge in [-0.05, 0) is 60.8 Å². The number of carbonyl (C=O) groups excluding carboxylic acids is 1. The van der Waals surface area contributed by atoms with E-state index >= 15 is 0 Å². The van der Waals surface area contributed by atoms with E-state index in [1.165, 1.54) is 0 Å². The molecule has 0 aromatic carbocycles. The van der Waals surface area contributed by atoms with Crippen molar-refractivity contribution in [2.45, 2.75) is 65.8 Å². The summed E-state index contributed by atoms with van der Waals surface area (Å²) in [5, 5.41) is 14.9. The van der Waals surface area contributed by atoms with Gasteiger partial charge in [-0.25, -0.2) is 0 Å². The molecule has 4 bridgehead atoms. The summed E-state index contributed by atoms with van der Waals surface area (Å²) >= 11 is 0. The molecule has 3 saturated carbocycles. The van der Waals surface area contributed by atoms with Crippen LogP contribution in [0.4, 0.5) is 0 Å². The van der Waals surface area contributed by atoms with Crippen LogP contribution in [-0.4, -0.2) is 36.6 Å². The predicted octanol–water partition coefficient (Wildman–Crippen LogP) is 5.02.